The van der Waals surface area contributed by atoms with Crippen LogP contribution in [0.3, 0.4) is 0 Å². The van der Waals surface area contributed by atoms with E-state index in [2.05, 4.69) is 22.1 Å². The van der Waals surface area contributed by atoms with Gasteiger partial charge in [0.25, 0.3) is 0 Å². The first-order valence-corrected chi connectivity index (χ1v) is 11.0. The van der Waals surface area contributed by atoms with E-state index in [-0.39, 0.29) is 5.91 Å². The van der Waals surface area contributed by atoms with Crippen LogP contribution in [0.1, 0.15) is 32.4 Å². The van der Waals surface area contributed by atoms with Crippen LogP contribution in [0.5, 0.6) is 0 Å². The van der Waals surface area contributed by atoms with Gasteiger partial charge in [0.1, 0.15) is 11.4 Å². The Morgan fingerprint density at radius 3 is 2.56 bits per heavy atom. The van der Waals surface area contributed by atoms with Gasteiger partial charge >= 0.3 is 0 Å². The van der Waals surface area contributed by atoms with Crippen LogP contribution in [0.15, 0.2) is 90.2 Å². The number of nitrogens with zero attached hydrogens (tertiary/aromatic N) is 3. The Bertz CT molecular complexity index is 1050. The average molecular weight is 447 g/mol. The number of aromatic nitrogens is 2. The van der Waals surface area contributed by atoms with Crippen molar-refractivity contribution in [1.29, 1.82) is 0 Å². The molecule has 0 saturated heterocycles. The Labute approximate surface area is 192 Å². The second-order valence-electron chi connectivity index (χ2n) is 6.45. The van der Waals surface area contributed by atoms with Crippen molar-refractivity contribution in [2.75, 3.05) is 5.32 Å². The zero-order valence-corrected chi connectivity index (χ0v) is 19.0. The Morgan fingerprint density at radius 2 is 1.91 bits per heavy atom. The van der Waals surface area contributed by atoms with E-state index < -0.39 is 0 Å². The summed E-state index contributed by atoms with van der Waals surface area (Å²) in [6.07, 6.45) is 16.0. The van der Waals surface area contributed by atoms with Crippen LogP contribution in [0, 0.1) is 4.91 Å². The summed E-state index contributed by atoms with van der Waals surface area (Å²) in [5.74, 6) is 0.250. The van der Waals surface area contributed by atoms with E-state index in [1.165, 1.54) is 11.8 Å². The van der Waals surface area contributed by atoms with Gasteiger partial charge in [-0.2, -0.15) is 0 Å². The lowest BCUT2D eigenvalue weighted by atomic mass is 10.1. The highest BCUT2D eigenvalue weighted by molar-refractivity contribution is 8.10. The van der Waals surface area contributed by atoms with Gasteiger partial charge in [0.15, 0.2) is 5.82 Å². The Hall–Kier alpha value is -3.58. The molecule has 2 rings (SSSR count). The fraction of sp³-hybridized carbons (Fsp3) is 0.160. The molecule has 6 nitrogen and oxygen atoms in total. The third-order valence-electron chi connectivity index (χ3n) is 4.20. The van der Waals surface area contributed by atoms with Crippen molar-refractivity contribution < 1.29 is 4.79 Å². The molecule has 0 aliphatic heterocycles. The summed E-state index contributed by atoms with van der Waals surface area (Å²) < 4.78 is 0. The molecule has 0 unspecified atom stereocenters. The Balaban J connectivity index is 2.22. The number of thioether (sulfide) groups is 1. The minimum absolute atomic E-state index is 0.143. The number of hydrogen-bond donors (Lipinski definition) is 1. The molecular formula is C25H26N4O2S. The van der Waals surface area contributed by atoms with Gasteiger partial charge in [-0.15, -0.1) is 4.91 Å². The maximum atomic E-state index is 12.5. The third-order valence-corrected chi connectivity index (χ3v) is 5.05. The van der Waals surface area contributed by atoms with E-state index in [9.17, 15) is 9.70 Å². The van der Waals surface area contributed by atoms with Crippen molar-refractivity contribution in [2.24, 2.45) is 5.18 Å². The molecule has 164 valence electrons. The van der Waals surface area contributed by atoms with Gasteiger partial charge in [-0.1, -0.05) is 73.0 Å². The Kier molecular flexibility index (Phi) is 10.5. The maximum absolute atomic E-state index is 12.5. The van der Waals surface area contributed by atoms with E-state index in [1.54, 1.807) is 35.9 Å². The van der Waals surface area contributed by atoms with Crippen LogP contribution in [-0.2, 0) is 4.79 Å². The van der Waals surface area contributed by atoms with Gasteiger partial charge in [0.2, 0.25) is 5.91 Å². The first-order chi connectivity index (χ1) is 15.6. The molecule has 0 saturated carbocycles. The molecule has 0 fully saturated rings. The first kappa shape index (κ1) is 24.7. The second kappa shape index (κ2) is 13.7. The Morgan fingerprint density at radius 1 is 1.16 bits per heavy atom. The molecule has 32 heavy (non-hydrogen) atoms. The monoisotopic (exact) mass is 446 g/mol. The minimum Gasteiger partial charge on any atom is -0.309 e. The van der Waals surface area contributed by atoms with Crippen LogP contribution in [0.2, 0.25) is 0 Å². The van der Waals surface area contributed by atoms with Crippen LogP contribution in [-0.4, -0.2) is 15.9 Å². The largest absolute Gasteiger partial charge is 0.309 e. The fourth-order valence-corrected chi connectivity index (χ4v) is 3.23. The minimum atomic E-state index is -0.143. The van der Waals surface area contributed by atoms with Gasteiger partial charge in [-0.05, 0) is 43.0 Å². The van der Waals surface area contributed by atoms with Crippen molar-refractivity contribution in [3.63, 3.8) is 0 Å². The van der Waals surface area contributed by atoms with Crippen LogP contribution >= 0.6 is 11.8 Å². The summed E-state index contributed by atoms with van der Waals surface area (Å²) in [5, 5.41) is 7.49. The number of nitroso groups, excluding NO2 is 1. The number of nitrogens with one attached hydrogen (secondary N) is 1. The molecule has 7 heteroatoms. The number of amides is 1. The van der Waals surface area contributed by atoms with E-state index in [0.29, 0.717) is 35.7 Å². The molecule has 0 spiro atoms. The molecule has 0 radical (unpaired) electrons. The molecule has 1 heterocycles. The number of rotatable bonds is 11. The van der Waals surface area contributed by atoms with Crippen molar-refractivity contribution in [3.05, 3.63) is 95.6 Å². The lowest BCUT2D eigenvalue weighted by molar-refractivity contribution is -0.116. The van der Waals surface area contributed by atoms with Crippen LogP contribution in [0.4, 0.5) is 11.5 Å². The van der Waals surface area contributed by atoms with Gasteiger partial charge in [-0.25, -0.2) is 9.97 Å². The van der Waals surface area contributed by atoms with Crippen LogP contribution in [0.25, 0.3) is 16.2 Å². The van der Waals surface area contributed by atoms with E-state index in [4.69, 9.17) is 4.98 Å². The molecule has 0 aliphatic rings. The van der Waals surface area contributed by atoms with E-state index in [0.717, 1.165) is 10.5 Å². The third kappa shape index (κ3) is 7.59. The second-order valence-corrected chi connectivity index (χ2v) is 7.46. The zero-order chi connectivity index (χ0) is 23.2. The molecule has 1 N–H and O–H groups in total. The summed E-state index contributed by atoms with van der Waals surface area (Å²) in [4.78, 5) is 33.1. The zero-order valence-electron chi connectivity index (χ0n) is 18.2. The summed E-state index contributed by atoms with van der Waals surface area (Å²) in [6.45, 7) is 7.62. The smallest absolute Gasteiger partial charge is 0.225 e. The molecule has 2 aromatic rings. The van der Waals surface area contributed by atoms with Gasteiger partial charge in [0.05, 0.1) is 11.9 Å². The van der Waals surface area contributed by atoms with Gasteiger partial charge < -0.3 is 5.32 Å². The number of allylic oxidation sites excluding steroid dienone is 7. The van der Waals surface area contributed by atoms with Crippen molar-refractivity contribution >= 4 is 34.1 Å². The molecule has 1 aromatic heterocycles. The predicted octanol–water partition coefficient (Wildman–Crippen LogP) is 7.19. The molecular weight excluding hydrogens is 420 g/mol. The van der Waals surface area contributed by atoms with E-state index >= 15 is 0 Å². The lowest BCUT2D eigenvalue weighted by Gasteiger charge is -2.12. The lowest BCUT2D eigenvalue weighted by Crippen LogP contribution is -2.14. The number of hydrogen-bond acceptors (Lipinski definition) is 6. The first-order valence-electron chi connectivity index (χ1n) is 10.1. The van der Waals surface area contributed by atoms with Crippen LogP contribution < -0.4 is 5.32 Å². The van der Waals surface area contributed by atoms with Crippen molar-refractivity contribution in [1.82, 2.24) is 9.97 Å². The van der Waals surface area contributed by atoms with E-state index in [1.807, 2.05) is 56.4 Å². The molecule has 0 atom stereocenters. The highest BCUT2D eigenvalue weighted by atomic mass is 32.2. The normalized spacial score (nSPS) is 12.0. The number of benzene rings is 1. The van der Waals surface area contributed by atoms with Gasteiger partial charge in [0, 0.05) is 16.9 Å². The molecule has 0 bridgehead atoms. The fourth-order valence-electron chi connectivity index (χ4n) is 2.66. The number of anilines is 1. The summed E-state index contributed by atoms with van der Waals surface area (Å²) in [6, 6.07) is 6.76. The molecule has 0 aliphatic carbocycles. The highest BCUT2D eigenvalue weighted by Crippen LogP contribution is 2.32. The van der Waals surface area contributed by atoms with Gasteiger partial charge in [-0.3, -0.25) is 4.79 Å². The highest BCUT2D eigenvalue weighted by Gasteiger charge is 2.15. The maximum Gasteiger partial charge on any atom is 0.225 e. The standard InChI is InChI=1S/C25H26N4O2S/c1-4-7-8-9-10-11-12-13-23(30)28-25-24(22(5-2)32-6-3)27-21(18-26-25)19-14-16-20(29-31)17-15-19/h4-11,14-18H,3,12-13H2,1-2H3,(H,26,28,30)/b7-4-,9-8-,11-10+,22-5-. The quantitative estimate of drug-likeness (QED) is 0.292. The van der Waals surface area contributed by atoms with Crippen molar-refractivity contribution in [2.45, 2.75) is 26.7 Å². The summed E-state index contributed by atoms with van der Waals surface area (Å²) in [5.41, 5.74) is 2.31. The topological polar surface area (TPSA) is 84.3 Å². The summed E-state index contributed by atoms with van der Waals surface area (Å²) in [7, 11) is 0. The molecule has 1 aromatic carbocycles. The molecule has 1 amide bonds. The summed E-state index contributed by atoms with van der Waals surface area (Å²) >= 11 is 1.40. The van der Waals surface area contributed by atoms with Crippen molar-refractivity contribution in [3.8, 4) is 11.3 Å². The number of carbonyl (C=O) groups excluding carboxylic acids is 1. The predicted molar refractivity (Wildman–Crippen MR) is 135 cm³/mol. The average Bonchev–Trinajstić information content (AvgIpc) is 2.82. The number of carbonyl (C=O) groups is 1. The SMILES string of the molecule is C=CS/C(=C\C)c1nc(-c2ccc(N=O)cc2)cnc1NC(=O)CC/C=C/C=C\C=C/C.